The molecule has 1 atom stereocenters. The number of aliphatic carboxylic acids is 1. The Hall–Kier alpha value is -1.14. The second-order valence-electron chi connectivity index (χ2n) is 5.07. The van der Waals surface area contributed by atoms with E-state index in [1.807, 2.05) is 9.80 Å². The van der Waals surface area contributed by atoms with Crippen molar-refractivity contribution < 1.29 is 19.4 Å². The summed E-state index contributed by atoms with van der Waals surface area (Å²) in [4.78, 5) is 26.6. The maximum absolute atomic E-state index is 11.9. The summed E-state index contributed by atoms with van der Waals surface area (Å²) in [6.45, 7) is 6.13. The van der Waals surface area contributed by atoms with Crippen molar-refractivity contribution in [2.24, 2.45) is 11.8 Å². The molecule has 0 aromatic rings. The molecule has 2 rings (SSSR count). The lowest BCUT2D eigenvalue weighted by atomic mass is 9.87. The molecule has 0 saturated carbocycles. The fourth-order valence-corrected chi connectivity index (χ4v) is 2.36. The Bertz CT molecular complexity index is 322. The van der Waals surface area contributed by atoms with Gasteiger partial charge in [-0.05, 0) is 5.92 Å². The molecule has 102 valence electrons. The van der Waals surface area contributed by atoms with Crippen molar-refractivity contribution in [3.8, 4) is 0 Å². The third kappa shape index (κ3) is 3.00. The van der Waals surface area contributed by atoms with Crippen LogP contribution in [0.15, 0.2) is 0 Å². The van der Waals surface area contributed by atoms with Crippen LogP contribution in [0.1, 0.15) is 6.92 Å². The third-order valence-corrected chi connectivity index (χ3v) is 3.80. The smallest absolute Gasteiger partial charge is 0.306 e. The zero-order valence-corrected chi connectivity index (χ0v) is 10.7. The van der Waals surface area contributed by atoms with Gasteiger partial charge in [0.25, 0.3) is 0 Å². The Morgan fingerprint density at radius 3 is 2.50 bits per heavy atom. The Kier molecular flexibility index (Phi) is 4.19. The molecule has 2 saturated heterocycles. The Labute approximate surface area is 106 Å². The maximum Gasteiger partial charge on any atom is 0.306 e. The van der Waals surface area contributed by atoms with E-state index in [2.05, 4.69) is 0 Å². The van der Waals surface area contributed by atoms with Crippen LogP contribution in [0.25, 0.3) is 0 Å². The van der Waals surface area contributed by atoms with Gasteiger partial charge >= 0.3 is 5.97 Å². The van der Waals surface area contributed by atoms with Crippen LogP contribution in [-0.2, 0) is 14.3 Å². The number of hydrogen-bond donors (Lipinski definition) is 1. The van der Waals surface area contributed by atoms with E-state index in [0.29, 0.717) is 45.9 Å². The first-order valence-electron chi connectivity index (χ1n) is 6.38. The Balaban J connectivity index is 1.70. The lowest BCUT2D eigenvalue weighted by molar-refractivity contribution is -0.146. The molecular formula is C12H20N2O4. The van der Waals surface area contributed by atoms with E-state index in [0.717, 1.165) is 0 Å². The Morgan fingerprint density at radius 1 is 1.33 bits per heavy atom. The summed E-state index contributed by atoms with van der Waals surface area (Å²) >= 11 is 0. The van der Waals surface area contributed by atoms with E-state index < -0.39 is 5.97 Å². The first-order chi connectivity index (χ1) is 8.58. The molecule has 0 aromatic heterocycles. The number of amides is 1. The highest BCUT2D eigenvalue weighted by Gasteiger charge is 2.35. The highest BCUT2D eigenvalue weighted by atomic mass is 16.5. The number of morpholine rings is 1. The molecule has 0 spiro atoms. The van der Waals surface area contributed by atoms with E-state index in [9.17, 15) is 9.59 Å². The predicted molar refractivity (Wildman–Crippen MR) is 64.1 cm³/mol. The summed E-state index contributed by atoms with van der Waals surface area (Å²) in [6.07, 6.45) is 0. The summed E-state index contributed by atoms with van der Waals surface area (Å²) < 4.78 is 5.20. The first kappa shape index (κ1) is 13.3. The SMILES string of the molecule is CC(C(=O)O)C1CN(CC(=O)N2CCOCC2)C1. The molecule has 1 N–H and O–H groups in total. The quantitative estimate of drug-likeness (QED) is 0.734. The number of carbonyl (C=O) groups excluding carboxylic acids is 1. The monoisotopic (exact) mass is 256 g/mol. The van der Waals surface area contributed by atoms with Gasteiger partial charge in [0.05, 0.1) is 25.7 Å². The van der Waals surface area contributed by atoms with Gasteiger partial charge in [0.1, 0.15) is 0 Å². The number of ether oxygens (including phenoxy) is 1. The number of likely N-dealkylation sites (tertiary alicyclic amines) is 1. The maximum atomic E-state index is 11.9. The van der Waals surface area contributed by atoms with Crippen molar-refractivity contribution in [1.29, 1.82) is 0 Å². The molecular weight excluding hydrogens is 236 g/mol. The van der Waals surface area contributed by atoms with Gasteiger partial charge in [0.15, 0.2) is 0 Å². The molecule has 0 radical (unpaired) electrons. The number of nitrogens with zero attached hydrogens (tertiary/aromatic N) is 2. The Morgan fingerprint density at radius 2 is 1.94 bits per heavy atom. The van der Waals surface area contributed by atoms with Crippen LogP contribution in [0, 0.1) is 11.8 Å². The predicted octanol–water partition coefficient (Wildman–Crippen LogP) is -0.502. The fraction of sp³-hybridized carbons (Fsp3) is 0.833. The van der Waals surface area contributed by atoms with Crippen molar-refractivity contribution in [3.63, 3.8) is 0 Å². The summed E-state index contributed by atoms with van der Waals surface area (Å²) in [5.41, 5.74) is 0. The summed E-state index contributed by atoms with van der Waals surface area (Å²) in [5, 5.41) is 8.88. The minimum absolute atomic E-state index is 0.125. The van der Waals surface area contributed by atoms with Gasteiger partial charge in [-0.2, -0.15) is 0 Å². The molecule has 1 amide bonds. The third-order valence-electron chi connectivity index (χ3n) is 3.80. The first-order valence-corrected chi connectivity index (χ1v) is 6.38. The lowest BCUT2D eigenvalue weighted by Crippen LogP contribution is -2.55. The average molecular weight is 256 g/mol. The van der Waals surface area contributed by atoms with E-state index in [1.165, 1.54) is 0 Å². The van der Waals surface area contributed by atoms with Gasteiger partial charge in [0.2, 0.25) is 5.91 Å². The normalized spacial score (nSPS) is 23.5. The average Bonchev–Trinajstić information content (AvgIpc) is 2.33. The largest absolute Gasteiger partial charge is 0.481 e. The van der Waals surface area contributed by atoms with Crippen molar-refractivity contribution >= 4 is 11.9 Å². The molecule has 0 aliphatic carbocycles. The molecule has 0 bridgehead atoms. The zero-order chi connectivity index (χ0) is 13.1. The van der Waals surface area contributed by atoms with Gasteiger partial charge in [-0.25, -0.2) is 0 Å². The molecule has 18 heavy (non-hydrogen) atoms. The minimum Gasteiger partial charge on any atom is -0.481 e. The van der Waals surface area contributed by atoms with Crippen LogP contribution in [0.3, 0.4) is 0 Å². The second-order valence-corrected chi connectivity index (χ2v) is 5.07. The number of hydrogen-bond acceptors (Lipinski definition) is 4. The van der Waals surface area contributed by atoms with Gasteiger partial charge in [0, 0.05) is 26.2 Å². The summed E-state index contributed by atoms with van der Waals surface area (Å²) in [5.74, 6) is -0.765. The highest BCUT2D eigenvalue weighted by Crippen LogP contribution is 2.23. The van der Waals surface area contributed by atoms with E-state index in [-0.39, 0.29) is 17.7 Å². The van der Waals surface area contributed by atoms with E-state index in [1.54, 1.807) is 6.92 Å². The molecule has 2 aliphatic heterocycles. The standard InChI is InChI=1S/C12H20N2O4/c1-9(12(16)17)10-6-13(7-10)8-11(15)14-2-4-18-5-3-14/h9-10H,2-8H2,1H3,(H,16,17). The van der Waals surface area contributed by atoms with Crippen LogP contribution in [0.4, 0.5) is 0 Å². The molecule has 6 nitrogen and oxygen atoms in total. The molecule has 2 aliphatic rings. The molecule has 0 aromatic carbocycles. The van der Waals surface area contributed by atoms with Crippen LogP contribution in [0.2, 0.25) is 0 Å². The molecule has 2 fully saturated rings. The van der Waals surface area contributed by atoms with Crippen LogP contribution >= 0.6 is 0 Å². The lowest BCUT2D eigenvalue weighted by Gasteiger charge is -2.41. The van der Waals surface area contributed by atoms with E-state index >= 15 is 0 Å². The fourth-order valence-electron chi connectivity index (χ4n) is 2.36. The zero-order valence-electron chi connectivity index (χ0n) is 10.7. The second kappa shape index (κ2) is 5.67. The molecule has 2 heterocycles. The minimum atomic E-state index is -0.751. The van der Waals surface area contributed by atoms with Crippen LogP contribution < -0.4 is 0 Å². The van der Waals surface area contributed by atoms with Crippen molar-refractivity contribution in [2.45, 2.75) is 6.92 Å². The van der Waals surface area contributed by atoms with Gasteiger partial charge in [-0.1, -0.05) is 6.92 Å². The number of carboxylic acid groups (broad SMARTS) is 1. The van der Waals surface area contributed by atoms with Gasteiger partial charge < -0.3 is 14.7 Å². The van der Waals surface area contributed by atoms with E-state index in [4.69, 9.17) is 9.84 Å². The van der Waals surface area contributed by atoms with Crippen LogP contribution in [0.5, 0.6) is 0 Å². The number of carboxylic acids is 1. The summed E-state index contributed by atoms with van der Waals surface area (Å²) in [7, 11) is 0. The van der Waals surface area contributed by atoms with Gasteiger partial charge in [-0.3, -0.25) is 14.5 Å². The molecule has 6 heteroatoms. The number of rotatable bonds is 4. The van der Waals surface area contributed by atoms with Crippen molar-refractivity contribution in [3.05, 3.63) is 0 Å². The highest BCUT2D eigenvalue weighted by molar-refractivity contribution is 5.78. The number of carbonyl (C=O) groups is 2. The summed E-state index contributed by atoms with van der Waals surface area (Å²) in [6, 6.07) is 0. The van der Waals surface area contributed by atoms with Crippen molar-refractivity contribution in [1.82, 2.24) is 9.80 Å². The van der Waals surface area contributed by atoms with Crippen LogP contribution in [-0.4, -0.2) is 72.7 Å². The van der Waals surface area contributed by atoms with Crippen molar-refractivity contribution in [2.75, 3.05) is 45.9 Å². The van der Waals surface area contributed by atoms with Gasteiger partial charge in [-0.15, -0.1) is 0 Å². The molecule has 1 unspecified atom stereocenters. The topological polar surface area (TPSA) is 70.1 Å².